The normalized spacial score (nSPS) is 23.6. The third-order valence-corrected chi connectivity index (χ3v) is 17.4. The minimum Gasteiger partial charge on any atom is -0.0721 e. The molecule has 0 amide bonds. The van der Waals surface area contributed by atoms with Crippen LogP contribution < -0.4 is 10.4 Å². The molecule has 0 saturated carbocycles. The summed E-state index contributed by atoms with van der Waals surface area (Å²) in [6, 6.07) is 9.16. The summed E-state index contributed by atoms with van der Waals surface area (Å²) in [7, 11) is 1.35. The summed E-state index contributed by atoms with van der Waals surface area (Å²) >= 11 is 0. The quantitative estimate of drug-likeness (QED) is 0.368. The molecule has 0 atom stereocenters. The van der Waals surface area contributed by atoms with Gasteiger partial charge in [0.05, 0.1) is 0 Å². The Labute approximate surface area is 61.7 Å². The Morgan fingerprint density at radius 1 is 0.889 bits per heavy atom. The van der Waals surface area contributed by atoms with Crippen LogP contribution in [-0.2, 0) is 0 Å². The van der Waals surface area contributed by atoms with Crippen LogP contribution in [0.5, 0.6) is 0 Å². The van der Waals surface area contributed by atoms with Gasteiger partial charge in [-0.15, -0.1) is 0 Å². The first-order valence-corrected chi connectivity index (χ1v) is 12.9. The molecule has 0 saturated heterocycles. The van der Waals surface area contributed by atoms with Gasteiger partial charge in [0.25, 0.3) is 0 Å². The van der Waals surface area contributed by atoms with Crippen LogP contribution in [-0.4, -0.2) is 26.6 Å². The van der Waals surface area contributed by atoms with Gasteiger partial charge in [0, 0.05) is 26.6 Å². The molecule has 0 nitrogen and oxygen atoms in total. The van der Waals surface area contributed by atoms with E-state index in [1.54, 1.807) is 0 Å². The van der Waals surface area contributed by atoms with E-state index in [1.807, 2.05) is 10.4 Å². The molecule has 1 aliphatic rings. The van der Waals surface area contributed by atoms with Gasteiger partial charge in [-0.05, 0) is 0 Å². The van der Waals surface area contributed by atoms with E-state index in [-0.39, 0.29) is 0 Å². The van der Waals surface area contributed by atoms with E-state index < -0.39 is 0 Å². The van der Waals surface area contributed by atoms with Gasteiger partial charge in [-0.3, -0.25) is 0 Å². The van der Waals surface area contributed by atoms with Gasteiger partial charge in [0.1, 0.15) is 0 Å². The Bertz CT molecular complexity index is 198. The van der Waals surface area contributed by atoms with Crippen LogP contribution in [0.2, 0.25) is 0 Å². The summed E-state index contributed by atoms with van der Waals surface area (Å²) in [5.41, 5.74) is 0. The largest absolute Gasteiger partial charge is 0.0721 e. The van der Waals surface area contributed by atoms with Gasteiger partial charge >= 0.3 is 0 Å². The third-order valence-electron chi connectivity index (χ3n) is 2.01. The lowest BCUT2D eigenvalue weighted by atomic mass is 10.4. The number of fused-ring (bicyclic) bond motifs is 1. The molecule has 0 unspecified atom stereocenters. The molecule has 46 valence electrons. The molecule has 3 heteroatoms. The van der Waals surface area contributed by atoms with Crippen LogP contribution in [0.15, 0.2) is 24.3 Å². The molecule has 1 aliphatic heterocycles. The predicted octanol–water partition coefficient (Wildman–Crippen LogP) is -2.71. The fourth-order valence-electron chi connectivity index (χ4n) is 1.51. The maximum atomic E-state index is 2.37. The maximum Gasteiger partial charge on any atom is 0.0394 e. The van der Waals surface area contributed by atoms with Crippen molar-refractivity contribution in [1.29, 1.82) is 0 Å². The average Bonchev–Trinajstić information content (AvgIpc) is 2.33. The van der Waals surface area contributed by atoms with Crippen LogP contribution in [0, 0.1) is 0 Å². The Morgan fingerprint density at radius 2 is 1.44 bits per heavy atom. The van der Waals surface area contributed by atoms with Crippen LogP contribution in [0.4, 0.5) is 0 Å². The van der Waals surface area contributed by atoms with Crippen molar-refractivity contribution in [2.75, 3.05) is 0 Å². The zero-order chi connectivity index (χ0) is 6.10. The second-order valence-corrected chi connectivity index (χ2v) is 17.3. The molecule has 0 aromatic heterocycles. The maximum absolute atomic E-state index is 2.37. The molecule has 0 spiro atoms. The molecular formula is C6H10Si3. The predicted molar refractivity (Wildman–Crippen MR) is 51.3 cm³/mol. The Balaban J connectivity index is 2.54. The van der Waals surface area contributed by atoms with Crippen molar-refractivity contribution in [3.63, 3.8) is 0 Å². The molecule has 0 bridgehead atoms. The summed E-state index contributed by atoms with van der Waals surface area (Å²) in [6.07, 6.45) is 0. The van der Waals surface area contributed by atoms with E-state index in [0.717, 1.165) is 0 Å². The van der Waals surface area contributed by atoms with Crippen molar-refractivity contribution in [3.05, 3.63) is 24.3 Å². The zero-order valence-electron chi connectivity index (χ0n) is 5.43. The van der Waals surface area contributed by atoms with Crippen LogP contribution >= 0.6 is 0 Å². The molecule has 0 fully saturated rings. The van der Waals surface area contributed by atoms with Gasteiger partial charge in [0.15, 0.2) is 0 Å². The SMILES string of the molecule is c1ccc2c(c1)[SiH2][SiH2][SiH2]2. The minimum atomic E-state index is 0.392. The van der Waals surface area contributed by atoms with E-state index in [1.165, 1.54) is 0 Å². The number of hydrogen-bond acceptors (Lipinski definition) is 0. The molecule has 9 heavy (non-hydrogen) atoms. The molecule has 2 rings (SSSR count). The van der Waals surface area contributed by atoms with E-state index in [9.17, 15) is 0 Å². The van der Waals surface area contributed by atoms with E-state index >= 15 is 0 Å². The Morgan fingerprint density at radius 3 is 2.00 bits per heavy atom. The molecule has 0 N–H and O–H groups in total. The second-order valence-electron chi connectivity index (χ2n) is 2.62. The van der Waals surface area contributed by atoms with E-state index in [2.05, 4.69) is 24.3 Å². The van der Waals surface area contributed by atoms with E-state index in [0.29, 0.717) is 26.6 Å². The number of benzene rings is 1. The lowest BCUT2D eigenvalue weighted by Crippen LogP contribution is -2.24. The van der Waals surface area contributed by atoms with Crippen molar-refractivity contribution in [2.45, 2.75) is 0 Å². The minimum absolute atomic E-state index is 0.392. The Kier molecular flexibility index (Phi) is 1.41. The number of hydrogen-bond donors (Lipinski definition) is 0. The summed E-state index contributed by atoms with van der Waals surface area (Å²) in [5.74, 6) is 0. The molecule has 0 aliphatic carbocycles. The monoisotopic (exact) mass is 166 g/mol. The summed E-state index contributed by atoms with van der Waals surface area (Å²) < 4.78 is 0. The van der Waals surface area contributed by atoms with Crippen molar-refractivity contribution in [1.82, 2.24) is 0 Å². The lowest BCUT2D eigenvalue weighted by molar-refractivity contribution is 1.83. The molecule has 0 radical (unpaired) electrons. The zero-order valence-corrected chi connectivity index (χ0v) is 9.67. The first kappa shape index (κ1) is 5.64. The average molecular weight is 166 g/mol. The van der Waals surface area contributed by atoms with Crippen molar-refractivity contribution in [3.8, 4) is 0 Å². The van der Waals surface area contributed by atoms with Crippen LogP contribution in [0.25, 0.3) is 0 Å². The molecular weight excluding hydrogens is 156 g/mol. The fraction of sp³-hybridized carbons (Fsp3) is 0. The van der Waals surface area contributed by atoms with Crippen molar-refractivity contribution < 1.29 is 0 Å². The summed E-state index contributed by atoms with van der Waals surface area (Å²) in [5, 5.41) is 3.66. The van der Waals surface area contributed by atoms with Crippen LogP contribution in [0.1, 0.15) is 0 Å². The van der Waals surface area contributed by atoms with Crippen molar-refractivity contribution in [2.24, 2.45) is 0 Å². The van der Waals surface area contributed by atoms with Gasteiger partial charge in [-0.25, -0.2) is 0 Å². The highest BCUT2D eigenvalue weighted by atomic mass is 29.5. The standard InChI is InChI=1S/C6H10Si3/c1-2-4-6-5(3-1)7-9-8-6/h1-4H,7-9H2. The highest BCUT2D eigenvalue weighted by Crippen LogP contribution is 1.82. The first-order valence-electron chi connectivity index (χ1n) is 3.53. The van der Waals surface area contributed by atoms with Gasteiger partial charge in [-0.1, -0.05) is 34.6 Å². The van der Waals surface area contributed by atoms with Gasteiger partial charge < -0.3 is 0 Å². The highest BCUT2D eigenvalue weighted by molar-refractivity contribution is 7.40. The number of rotatable bonds is 0. The third kappa shape index (κ3) is 0.953. The molecule has 1 aromatic rings. The summed E-state index contributed by atoms with van der Waals surface area (Å²) in [6.45, 7) is 0. The Hall–Kier alpha value is -0.129. The lowest BCUT2D eigenvalue weighted by Gasteiger charge is -1.93. The van der Waals surface area contributed by atoms with Gasteiger partial charge in [0.2, 0.25) is 0 Å². The van der Waals surface area contributed by atoms with Crippen molar-refractivity contribution >= 4 is 37.0 Å². The summed E-state index contributed by atoms with van der Waals surface area (Å²) in [4.78, 5) is 0. The molecule has 1 heterocycles. The highest BCUT2D eigenvalue weighted by Gasteiger charge is 2.08. The van der Waals surface area contributed by atoms with Crippen LogP contribution in [0.3, 0.4) is 0 Å². The topological polar surface area (TPSA) is 0 Å². The second kappa shape index (κ2) is 2.24. The first-order chi connectivity index (χ1) is 4.47. The van der Waals surface area contributed by atoms with E-state index in [4.69, 9.17) is 0 Å². The molecule has 1 aromatic carbocycles. The fourth-order valence-corrected chi connectivity index (χ4v) is 21.3. The smallest absolute Gasteiger partial charge is 0.0394 e. The van der Waals surface area contributed by atoms with Gasteiger partial charge in [-0.2, -0.15) is 0 Å².